The Kier molecular flexibility index (Phi) is 22.0. The SMILES string of the molecule is CC[Si](CC)(CC)O[C@H](/C=C/[C@@H]1[C@@H](C/C=C\CCCC(=O)OC(C)C)[C@@H](O[Si](CC)(CC)CC)C[C@H]1O[Si](CC)(CC)CC)COc1cccc(C(F)(F)F)c1. The second-order valence-electron chi connectivity index (χ2n) is 16.0. The number of halogens is 3. The lowest BCUT2D eigenvalue weighted by molar-refractivity contribution is -0.147. The lowest BCUT2D eigenvalue weighted by Gasteiger charge is -2.35. The molecule has 2 rings (SSSR count). The van der Waals surface area contributed by atoms with Crippen molar-refractivity contribution in [3.05, 3.63) is 54.1 Å². The lowest BCUT2D eigenvalue weighted by Crippen LogP contribution is -2.42. The zero-order valence-electron chi connectivity index (χ0n) is 36.8. The first-order chi connectivity index (χ1) is 26.6. The van der Waals surface area contributed by atoms with Crippen molar-refractivity contribution in [3.8, 4) is 5.75 Å². The molecule has 1 aliphatic rings. The summed E-state index contributed by atoms with van der Waals surface area (Å²) in [7, 11) is -6.12. The number of allylic oxidation sites excluding steroid dienone is 2. The highest BCUT2D eigenvalue weighted by Gasteiger charge is 2.48. The predicted molar refractivity (Wildman–Crippen MR) is 233 cm³/mol. The summed E-state index contributed by atoms with van der Waals surface area (Å²) < 4.78 is 74.0. The van der Waals surface area contributed by atoms with Crippen molar-refractivity contribution in [2.45, 2.75) is 193 Å². The van der Waals surface area contributed by atoms with Crippen molar-refractivity contribution in [1.82, 2.24) is 0 Å². The molecular weight excluding hydrogens is 766 g/mol. The van der Waals surface area contributed by atoms with Gasteiger partial charge in [0, 0.05) is 12.3 Å². The Balaban J connectivity index is 2.60. The van der Waals surface area contributed by atoms with Gasteiger partial charge in [0.2, 0.25) is 0 Å². The molecule has 1 aliphatic carbocycles. The Labute approximate surface area is 342 Å². The van der Waals surface area contributed by atoms with Crippen LogP contribution >= 0.6 is 0 Å². The summed E-state index contributed by atoms with van der Waals surface area (Å²) >= 11 is 0. The fourth-order valence-electron chi connectivity index (χ4n) is 8.26. The maximum absolute atomic E-state index is 13.6. The van der Waals surface area contributed by atoms with E-state index in [0.717, 1.165) is 92.2 Å². The molecule has 0 aliphatic heterocycles. The standard InChI is InChI=1S/C44H77F3O6Si3/c1-12-54(13-2,14-3)51-38(34-49-37-27-25-26-36(32-37)44(45,46)47)30-31-40-39(28-23-21-22-24-29-43(48)50-35(10)11)41(52-55(15-4,16-5)17-6)33-42(40)53-56(18-7,19-8)20-9/h21,23,25-27,30-32,35,38-42H,12-20,22,24,28-29,33-34H2,1-11H3/b23-21-,31-30+/t38-,39-,40-,41+,42-/m1/s1. The highest BCUT2D eigenvalue weighted by Crippen LogP contribution is 2.45. The molecule has 0 spiro atoms. The molecule has 5 atom stereocenters. The van der Waals surface area contributed by atoms with E-state index in [2.05, 4.69) is 86.6 Å². The van der Waals surface area contributed by atoms with Crippen LogP contribution in [0.4, 0.5) is 13.2 Å². The third-order valence-corrected chi connectivity index (χ3v) is 26.7. The van der Waals surface area contributed by atoms with Crippen LogP contribution in [0.1, 0.15) is 114 Å². The number of rotatable bonds is 27. The molecule has 0 saturated heterocycles. The first-order valence-corrected chi connectivity index (χ1v) is 29.5. The molecule has 0 radical (unpaired) electrons. The van der Waals surface area contributed by atoms with Gasteiger partial charge in [0.15, 0.2) is 25.0 Å². The van der Waals surface area contributed by atoms with Gasteiger partial charge >= 0.3 is 12.1 Å². The number of carbonyl (C=O) groups is 1. The summed E-state index contributed by atoms with van der Waals surface area (Å²) in [6.45, 7) is 24.0. The van der Waals surface area contributed by atoms with E-state index in [9.17, 15) is 18.0 Å². The molecule has 56 heavy (non-hydrogen) atoms. The molecular formula is C44H77F3O6Si3. The molecule has 322 valence electrons. The molecule has 0 unspecified atom stereocenters. The van der Waals surface area contributed by atoms with Crippen LogP contribution in [0, 0.1) is 11.8 Å². The molecule has 0 aromatic heterocycles. The van der Waals surface area contributed by atoms with Crippen LogP contribution in [0.3, 0.4) is 0 Å². The number of unbranched alkanes of at least 4 members (excludes halogenated alkanes) is 1. The monoisotopic (exact) mass is 842 g/mol. The maximum atomic E-state index is 13.6. The van der Waals surface area contributed by atoms with E-state index >= 15 is 0 Å². The van der Waals surface area contributed by atoms with Crippen molar-refractivity contribution in [3.63, 3.8) is 0 Å². The van der Waals surface area contributed by atoms with E-state index in [4.69, 9.17) is 22.8 Å². The smallest absolute Gasteiger partial charge is 0.416 e. The minimum Gasteiger partial charge on any atom is -0.491 e. The second-order valence-corrected chi connectivity index (χ2v) is 30.2. The van der Waals surface area contributed by atoms with Gasteiger partial charge in [0.25, 0.3) is 0 Å². The van der Waals surface area contributed by atoms with E-state index < -0.39 is 42.8 Å². The van der Waals surface area contributed by atoms with Crippen molar-refractivity contribution >= 4 is 30.9 Å². The van der Waals surface area contributed by atoms with Crippen molar-refractivity contribution in [2.24, 2.45) is 11.8 Å². The number of carbonyl (C=O) groups excluding carboxylic acids is 1. The lowest BCUT2D eigenvalue weighted by atomic mass is 9.89. The quantitative estimate of drug-likeness (QED) is 0.0380. The summed E-state index contributed by atoms with van der Waals surface area (Å²) in [6, 6.07) is 14.3. The topological polar surface area (TPSA) is 63.2 Å². The van der Waals surface area contributed by atoms with Crippen LogP contribution in [-0.2, 0) is 29.0 Å². The molecule has 12 heteroatoms. The minimum atomic E-state index is -4.45. The summed E-state index contributed by atoms with van der Waals surface area (Å²) in [5.41, 5.74) is -0.730. The Hall–Kier alpha value is -1.71. The van der Waals surface area contributed by atoms with Crippen LogP contribution in [0.5, 0.6) is 5.75 Å². The van der Waals surface area contributed by atoms with Gasteiger partial charge in [-0.2, -0.15) is 13.2 Å². The average Bonchev–Trinajstić information content (AvgIpc) is 3.50. The molecule has 0 heterocycles. The Morgan fingerprint density at radius 3 is 1.88 bits per heavy atom. The Morgan fingerprint density at radius 2 is 1.36 bits per heavy atom. The van der Waals surface area contributed by atoms with Gasteiger partial charge < -0.3 is 22.8 Å². The number of hydrogen-bond acceptors (Lipinski definition) is 6. The summed E-state index contributed by atoms with van der Waals surface area (Å²) in [5.74, 6) is 0.246. The maximum Gasteiger partial charge on any atom is 0.416 e. The van der Waals surface area contributed by atoms with Crippen molar-refractivity contribution in [2.75, 3.05) is 6.61 Å². The minimum absolute atomic E-state index is 0.0141. The second kappa shape index (κ2) is 24.4. The van der Waals surface area contributed by atoms with E-state index in [0.29, 0.717) is 6.42 Å². The van der Waals surface area contributed by atoms with E-state index in [1.165, 1.54) is 6.07 Å². The highest BCUT2D eigenvalue weighted by atomic mass is 28.4. The van der Waals surface area contributed by atoms with Gasteiger partial charge in [-0.1, -0.05) is 92.7 Å². The van der Waals surface area contributed by atoms with Gasteiger partial charge in [0.05, 0.1) is 30.0 Å². The summed E-state index contributed by atoms with van der Waals surface area (Å²) in [6.07, 6.45) is 7.50. The first kappa shape index (κ1) is 50.4. The third kappa shape index (κ3) is 15.1. The van der Waals surface area contributed by atoms with Crippen LogP contribution in [-0.4, -0.2) is 61.9 Å². The fourth-order valence-corrected chi connectivity index (χ4v) is 16.9. The predicted octanol–water partition coefficient (Wildman–Crippen LogP) is 13.5. The fraction of sp³-hybridized carbons (Fsp3) is 0.750. The van der Waals surface area contributed by atoms with E-state index in [1.807, 2.05) is 13.8 Å². The van der Waals surface area contributed by atoms with Crippen molar-refractivity contribution < 1.29 is 40.7 Å². The Bertz CT molecular complexity index is 1300. The third-order valence-electron chi connectivity index (χ3n) is 12.7. The number of ether oxygens (including phenoxy) is 2. The summed E-state index contributed by atoms with van der Waals surface area (Å²) in [4.78, 5) is 12.1. The van der Waals surface area contributed by atoms with E-state index in [-0.39, 0.29) is 48.5 Å². The Morgan fingerprint density at radius 1 is 0.804 bits per heavy atom. The number of hydrogen-bond donors (Lipinski definition) is 0. The van der Waals surface area contributed by atoms with Crippen LogP contribution in [0.15, 0.2) is 48.6 Å². The largest absolute Gasteiger partial charge is 0.491 e. The normalized spacial score (nSPS) is 20.4. The number of benzene rings is 1. The van der Waals surface area contributed by atoms with E-state index in [1.54, 1.807) is 6.07 Å². The molecule has 1 aromatic rings. The zero-order chi connectivity index (χ0) is 42.0. The molecule has 0 bridgehead atoms. The average molecular weight is 843 g/mol. The highest BCUT2D eigenvalue weighted by molar-refractivity contribution is 6.74. The zero-order valence-corrected chi connectivity index (χ0v) is 39.8. The molecule has 1 fully saturated rings. The van der Waals surface area contributed by atoms with Crippen LogP contribution in [0.25, 0.3) is 0 Å². The van der Waals surface area contributed by atoms with Crippen LogP contribution in [0.2, 0.25) is 54.4 Å². The summed E-state index contributed by atoms with van der Waals surface area (Å²) in [5, 5.41) is 0. The molecule has 1 saturated carbocycles. The molecule has 1 aromatic carbocycles. The van der Waals surface area contributed by atoms with Crippen molar-refractivity contribution in [1.29, 1.82) is 0 Å². The van der Waals surface area contributed by atoms with Gasteiger partial charge in [-0.25, -0.2) is 0 Å². The first-order valence-electron chi connectivity index (χ1n) is 21.9. The molecule has 6 nitrogen and oxygen atoms in total. The van der Waals surface area contributed by atoms with Gasteiger partial charge in [-0.3, -0.25) is 4.79 Å². The van der Waals surface area contributed by atoms with Gasteiger partial charge in [-0.05, 0) is 118 Å². The number of alkyl halides is 3. The number of esters is 1. The van der Waals surface area contributed by atoms with Gasteiger partial charge in [0.1, 0.15) is 12.4 Å². The van der Waals surface area contributed by atoms with Gasteiger partial charge in [-0.15, -0.1) is 0 Å². The van der Waals surface area contributed by atoms with Crippen LogP contribution < -0.4 is 4.74 Å². The molecule has 0 amide bonds. The molecule has 0 N–H and O–H groups in total.